The number of aromatic nitrogens is 2. The lowest BCUT2D eigenvalue weighted by atomic mass is 10.1. The van der Waals surface area contributed by atoms with Crippen molar-refractivity contribution in [2.45, 2.75) is 40.2 Å². The minimum atomic E-state index is -0.669. The zero-order valence-corrected chi connectivity index (χ0v) is 16.8. The molecule has 0 aliphatic carbocycles. The average Bonchev–Trinajstić information content (AvgIpc) is 2.66. The Morgan fingerprint density at radius 1 is 1.25 bits per heavy atom. The van der Waals surface area contributed by atoms with Crippen molar-refractivity contribution >= 4 is 17.4 Å². The first-order valence-corrected chi connectivity index (χ1v) is 9.38. The molecule has 0 fully saturated rings. The maximum atomic E-state index is 13.2. The molecule has 0 bridgehead atoms. The van der Waals surface area contributed by atoms with Gasteiger partial charge in [0.05, 0.1) is 7.11 Å². The minimum absolute atomic E-state index is 0.00436. The lowest BCUT2D eigenvalue weighted by Gasteiger charge is -2.26. The Balaban J connectivity index is 2.57. The molecule has 152 valence electrons. The molecule has 0 unspecified atom stereocenters. The molecule has 1 aromatic heterocycles. The second-order valence-corrected chi connectivity index (χ2v) is 7.04. The molecule has 0 aliphatic heterocycles. The summed E-state index contributed by atoms with van der Waals surface area (Å²) >= 11 is 0. The number of rotatable bonds is 8. The fourth-order valence-electron chi connectivity index (χ4n) is 2.91. The van der Waals surface area contributed by atoms with Crippen molar-refractivity contribution in [3.05, 3.63) is 50.7 Å². The van der Waals surface area contributed by atoms with Crippen molar-refractivity contribution in [3.63, 3.8) is 0 Å². The third-order valence-corrected chi connectivity index (χ3v) is 4.35. The highest BCUT2D eigenvalue weighted by atomic mass is 16.5. The van der Waals surface area contributed by atoms with Gasteiger partial charge in [0.15, 0.2) is 5.69 Å². The number of anilines is 2. The van der Waals surface area contributed by atoms with E-state index in [4.69, 9.17) is 10.5 Å². The van der Waals surface area contributed by atoms with E-state index in [1.54, 1.807) is 31.4 Å². The van der Waals surface area contributed by atoms with E-state index in [1.165, 1.54) is 9.47 Å². The molecule has 0 radical (unpaired) electrons. The van der Waals surface area contributed by atoms with Crippen molar-refractivity contribution in [1.82, 2.24) is 9.55 Å². The van der Waals surface area contributed by atoms with Gasteiger partial charge >= 0.3 is 5.69 Å². The number of methoxy groups -OCH3 is 1. The number of hydrogen-bond donors (Lipinski definition) is 2. The topological polar surface area (TPSA) is 110 Å². The Morgan fingerprint density at radius 3 is 2.43 bits per heavy atom. The Morgan fingerprint density at radius 2 is 1.89 bits per heavy atom. The summed E-state index contributed by atoms with van der Waals surface area (Å²) in [5.74, 6) is 0.341. The Kier molecular flexibility index (Phi) is 7.03. The van der Waals surface area contributed by atoms with Crippen LogP contribution in [0.3, 0.4) is 0 Å². The van der Waals surface area contributed by atoms with Crippen molar-refractivity contribution < 1.29 is 9.53 Å². The van der Waals surface area contributed by atoms with Gasteiger partial charge in [-0.15, -0.1) is 0 Å². The number of H-pyrrole nitrogens is 1. The molecule has 1 heterocycles. The molecule has 0 aliphatic rings. The zero-order chi connectivity index (χ0) is 20.8. The summed E-state index contributed by atoms with van der Waals surface area (Å²) in [7, 11) is 1.54. The first kappa shape index (κ1) is 21.3. The highest BCUT2D eigenvalue weighted by molar-refractivity contribution is 6.07. The van der Waals surface area contributed by atoms with Crippen molar-refractivity contribution in [1.29, 1.82) is 0 Å². The Hall–Kier alpha value is -3.03. The van der Waals surface area contributed by atoms with Crippen LogP contribution >= 0.6 is 0 Å². The fourth-order valence-corrected chi connectivity index (χ4v) is 2.91. The maximum absolute atomic E-state index is 13.2. The SMILES string of the molecule is CCCCn1c(N)c(N(CC(C)C)C(=O)c2ccc(OC)cc2)c(=O)[nH]c1=O. The molecule has 3 N–H and O–H groups in total. The van der Waals surface area contributed by atoms with Gasteiger partial charge in [0.25, 0.3) is 11.5 Å². The number of ether oxygens (including phenoxy) is 1. The van der Waals surface area contributed by atoms with E-state index < -0.39 is 11.2 Å². The van der Waals surface area contributed by atoms with E-state index in [2.05, 4.69) is 4.98 Å². The number of unbranched alkanes of at least 4 members (excludes halogenated alkanes) is 1. The number of nitrogens with one attached hydrogen (secondary N) is 1. The largest absolute Gasteiger partial charge is 0.497 e. The van der Waals surface area contributed by atoms with Crippen molar-refractivity contribution in [2.75, 3.05) is 24.3 Å². The van der Waals surface area contributed by atoms with E-state index in [1.807, 2.05) is 20.8 Å². The van der Waals surface area contributed by atoms with E-state index in [9.17, 15) is 14.4 Å². The van der Waals surface area contributed by atoms with E-state index >= 15 is 0 Å². The van der Waals surface area contributed by atoms with Crippen LogP contribution in [-0.2, 0) is 6.54 Å². The quantitative estimate of drug-likeness (QED) is 0.720. The first-order chi connectivity index (χ1) is 13.3. The summed E-state index contributed by atoms with van der Waals surface area (Å²) in [4.78, 5) is 41.6. The van der Waals surface area contributed by atoms with Crippen molar-refractivity contribution in [2.24, 2.45) is 5.92 Å². The number of aromatic amines is 1. The van der Waals surface area contributed by atoms with Gasteiger partial charge in [-0.2, -0.15) is 0 Å². The Labute approximate surface area is 163 Å². The number of hydrogen-bond acceptors (Lipinski definition) is 5. The van der Waals surface area contributed by atoms with Gasteiger partial charge in [0, 0.05) is 18.7 Å². The number of nitrogen functional groups attached to an aromatic ring is 1. The molecule has 2 rings (SSSR count). The number of benzene rings is 1. The van der Waals surface area contributed by atoms with Crippen LogP contribution in [0.4, 0.5) is 11.5 Å². The van der Waals surface area contributed by atoms with Crippen LogP contribution in [0.2, 0.25) is 0 Å². The van der Waals surface area contributed by atoms with Crippen LogP contribution in [-0.4, -0.2) is 29.1 Å². The number of carbonyl (C=O) groups excluding carboxylic acids is 1. The van der Waals surface area contributed by atoms with Crippen LogP contribution in [0.15, 0.2) is 33.9 Å². The molecule has 8 nitrogen and oxygen atoms in total. The summed E-state index contributed by atoms with van der Waals surface area (Å²) < 4.78 is 6.44. The number of carbonyl (C=O) groups is 1. The molecular weight excluding hydrogens is 360 g/mol. The Bertz CT molecular complexity index is 929. The van der Waals surface area contributed by atoms with Crippen LogP contribution in [0, 0.1) is 5.92 Å². The van der Waals surface area contributed by atoms with E-state index in [0.29, 0.717) is 17.9 Å². The number of nitrogens with two attached hydrogens (primary N) is 1. The van der Waals surface area contributed by atoms with Gasteiger partial charge in [-0.1, -0.05) is 27.2 Å². The fraction of sp³-hybridized carbons (Fsp3) is 0.450. The summed E-state index contributed by atoms with van der Waals surface area (Å²) in [5, 5.41) is 0. The normalized spacial score (nSPS) is 10.9. The zero-order valence-electron chi connectivity index (χ0n) is 16.8. The smallest absolute Gasteiger partial charge is 0.330 e. The molecule has 2 aromatic rings. The van der Waals surface area contributed by atoms with Gasteiger partial charge in [-0.3, -0.25) is 19.1 Å². The summed E-state index contributed by atoms with van der Waals surface area (Å²) in [6.07, 6.45) is 1.59. The van der Waals surface area contributed by atoms with Gasteiger partial charge < -0.3 is 15.4 Å². The van der Waals surface area contributed by atoms with Gasteiger partial charge in [0.1, 0.15) is 11.6 Å². The summed E-state index contributed by atoms with van der Waals surface area (Å²) in [6, 6.07) is 6.62. The van der Waals surface area contributed by atoms with Gasteiger partial charge in [-0.05, 0) is 36.6 Å². The molecule has 0 saturated carbocycles. The predicted molar refractivity (Wildman–Crippen MR) is 110 cm³/mol. The average molecular weight is 388 g/mol. The van der Waals surface area contributed by atoms with Gasteiger partial charge in [-0.25, -0.2) is 4.79 Å². The van der Waals surface area contributed by atoms with Crippen LogP contribution in [0.25, 0.3) is 0 Å². The van der Waals surface area contributed by atoms with Crippen LogP contribution in [0.1, 0.15) is 44.0 Å². The maximum Gasteiger partial charge on any atom is 0.330 e. The molecule has 0 spiro atoms. The number of nitrogens with zero attached hydrogens (tertiary/aromatic N) is 2. The van der Waals surface area contributed by atoms with E-state index in [-0.39, 0.29) is 29.9 Å². The van der Waals surface area contributed by atoms with Crippen molar-refractivity contribution in [3.8, 4) is 5.75 Å². The molecular formula is C20H28N4O4. The lowest BCUT2D eigenvalue weighted by Crippen LogP contribution is -2.42. The lowest BCUT2D eigenvalue weighted by molar-refractivity contribution is 0.0983. The highest BCUT2D eigenvalue weighted by Crippen LogP contribution is 2.22. The third-order valence-electron chi connectivity index (χ3n) is 4.35. The van der Waals surface area contributed by atoms with Gasteiger partial charge in [0.2, 0.25) is 0 Å². The molecule has 0 saturated heterocycles. The van der Waals surface area contributed by atoms with E-state index in [0.717, 1.165) is 12.8 Å². The number of amides is 1. The second-order valence-electron chi connectivity index (χ2n) is 7.04. The summed E-state index contributed by atoms with van der Waals surface area (Å²) in [5.41, 5.74) is 5.36. The molecule has 8 heteroatoms. The summed E-state index contributed by atoms with van der Waals surface area (Å²) in [6.45, 7) is 6.52. The highest BCUT2D eigenvalue weighted by Gasteiger charge is 2.26. The monoisotopic (exact) mass is 388 g/mol. The molecule has 0 atom stereocenters. The molecule has 1 amide bonds. The standard InChI is InChI=1S/C20H28N4O4/c1-5-6-11-23-17(21)16(18(25)22-20(23)27)24(12-13(2)3)19(26)14-7-9-15(28-4)10-8-14/h7-10,13H,5-6,11-12,21H2,1-4H3,(H,22,25,27). The van der Waals surface area contributed by atoms with Crippen LogP contribution in [0.5, 0.6) is 5.75 Å². The van der Waals surface area contributed by atoms with Crippen LogP contribution < -0.4 is 26.6 Å². The second kappa shape index (κ2) is 9.25. The first-order valence-electron chi connectivity index (χ1n) is 9.38. The molecule has 28 heavy (non-hydrogen) atoms. The minimum Gasteiger partial charge on any atom is -0.497 e. The predicted octanol–water partition coefficient (Wildman–Crippen LogP) is 2.23. The molecule has 1 aromatic carbocycles. The third kappa shape index (κ3) is 4.62.